The summed E-state index contributed by atoms with van der Waals surface area (Å²) in [6, 6.07) is 20.8. The minimum atomic E-state index is -2.73. The topological polar surface area (TPSA) is 29.5 Å². The van der Waals surface area contributed by atoms with Gasteiger partial charge in [0.05, 0.1) is 6.61 Å². The number of alkyl halides is 1. The number of benzene rings is 2. The van der Waals surface area contributed by atoms with E-state index in [0.717, 1.165) is 0 Å². The molecule has 0 bridgehead atoms. The molecule has 0 radical (unpaired) electrons. The highest BCUT2D eigenvalue weighted by Gasteiger charge is 2.58. The number of ketones is 1. The van der Waals surface area contributed by atoms with Crippen LogP contribution in [-0.2, 0) is 9.22 Å². The zero-order valence-corrected chi connectivity index (χ0v) is 18.5. The lowest BCUT2D eigenvalue weighted by Gasteiger charge is -2.45. The zero-order valence-electron chi connectivity index (χ0n) is 17.5. The van der Waals surface area contributed by atoms with E-state index in [2.05, 4.69) is 45.0 Å². The van der Waals surface area contributed by atoms with Crippen molar-refractivity contribution in [3.63, 3.8) is 0 Å². The Hall–Kier alpha value is -1.82. The zero-order chi connectivity index (χ0) is 20.7. The quantitative estimate of drug-likeness (QED) is 0.707. The molecule has 0 N–H and O–H groups in total. The van der Waals surface area contributed by atoms with Gasteiger partial charge in [0.15, 0.2) is 5.78 Å². The van der Waals surface area contributed by atoms with Crippen molar-refractivity contribution < 1.29 is 13.6 Å². The Morgan fingerprint density at radius 3 is 2.14 bits per heavy atom. The number of fused-ring (bicyclic) bond motifs is 1. The highest BCUT2D eigenvalue weighted by atomic mass is 28.4. The molecule has 5 heteroatoms. The van der Waals surface area contributed by atoms with Crippen LogP contribution in [0.4, 0.5) is 4.39 Å². The summed E-state index contributed by atoms with van der Waals surface area (Å²) < 4.78 is 21.3. The van der Waals surface area contributed by atoms with Crippen LogP contribution in [0.2, 0.25) is 5.04 Å². The van der Waals surface area contributed by atoms with E-state index >= 15 is 0 Å². The molecule has 2 aromatic rings. The average molecular weight is 412 g/mol. The van der Waals surface area contributed by atoms with Gasteiger partial charge in [0.1, 0.15) is 11.7 Å². The predicted molar refractivity (Wildman–Crippen MR) is 117 cm³/mol. The second-order valence-electron chi connectivity index (χ2n) is 9.40. The molecule has 2 aliphatic heterocycles. The average Bonchev–Trinajstić information content (AvgIpc) is 3.17. The van der Waals surface area contributed by atoms with Crippen molar-refractivity contribution in [2.75, 3.05) is 19.7 Å². The molecule has 2 saturated heterocycles. The van der Waals surface area contributed by atoms with E-state index in [-0.39, 0.29) is 23.8 Å². The number of halogens is 1. The molecule has 2 atom stereocenters. The molecule has 2 aliphatic rings. The van der Waals surface area contributed by atoms with Gasteiger partial charge in [-0.05, 0) is 15.4 Å². The Morgan fingerprint density at radius 1 is 1.07 bits per heavy atom. The number of Topliss-reactive ketones (excluding diaryl/α,β-unsaturated/α-hetero) is 1. The third-order valence-corrected chi connectivity index (χ3v) is 11.6. The Balaban J connectivity index is 1.80. The predicted octanol–water partition coefficient (Wildman–Crippen LogP) is 3.32. The number of rotatable bonds is 5. The number of hydrogen-bond acceptors (Lipinski definition) is 3. The van der Waals surface area contributed by atoms with Crippen molar-refractivity contribution in [3.05, 3.63) is 60.7 Å². The minimum Gasteiger partial charge on any atom is -0.405 e. The van der Waals surface area contributed by atoms with Crippen molar-refractivity contribution >= 4 is 24.5 Å². The van der Waals surface area contributed by atoms with Crippen LogP contribution in [0, 0.1) is 0 Å². The van der Waals surface area contributed by atoms with Gasteiger partial charge in [0.25, 0.3) is 8.32 Å². The molecular weight excluding hydrogens is 381 g/mol. The molecule has 0 amide bonds. The van der Waals surface area contributed by atoms with Crippen LogP contribution in [-0.4, -0.2) is 50.4 Å². The smallest absolute Gasteiger partial charge is 0.261 e. The maximum absolute atomic E-state index is 14.3. The summed E-state index contributed by atoms with van der Waals surface area (Å²) in [7, 11) is -2.73. The SMILES string of the molecule is CC(C)(C)[Si](OC[C@]12C[C@@H](F)CN1CCC2=O)(c1ccccc1)c1ccccc1. The van der Waals surface area contributed by atoms with Crippen LogP contribution < -0.4 is 10.4 Å². The first-order valence-electron chi connectivity index (χ1n) is 10.5. The Kier molecular flexibility index (Phi) is 5.26. The van der Waals surface area contributed by atoms with Gasteiger partial charge in [-0.3, -0.25) is 9.69 Å². The van der Waals surface area contributed by atoms with E-state index in [9.17, 15) is 9.18 Å². The van der Waals surface area contributed by atoms with Crippen LogP contribution >= 0.6 is 0 Å². The molecule has 154 valence electrons. The van der Waals surface area contributed by atoms with Gasteiger partial charge in [-0.15, -0.1) is 0 Å². The summed E-state index contributed by atoms with van der Waals surface area (Å²) in [6.45, 7) is 7.91. The van der Waals surface area contributed by atoms with Crippen LogP contribution in [0.15, 0.2) is 60.7 Å². The lowest BCUT2D eigenvalue weighted by molar-refractivity contribution is -0.125. The van der Waals surface area contributed by atoms with Crippen LogP contribution in [0.25, 0.3) is 0 Å². The summed E-state index contributed by atoms with van der Waals surface area (Å²) in [5, 5.41) is 2.20. The van der Waals surface area contributed by atoms with Gasteiger partial charge in [-0.2, -0.15) is 0 Å². The molecule has 0 aliphatic carbocycles. The lowest BCUT2D eigenvalue weighted by Crippen LogP contribution is -2.68. The molecule has 0 spiro atoms. The fraction of sp³-hybridized carbons (Fsp3) is 0.458. The summed E-state index contributed by atoms with van der Waals surface area (Å²) in [5.41, 5.74) is -0.799. The van der Waals surface area contributed by atoms with Crippen LogP contribution in [0.1, 0.15) is 33.6 Å². The maximum atomic E-state index is 14.3. The molecule has 2 fully saturated rings. The first-order valence-corrected chi connectivity index (χ1v) is 12.4. The van der Waals surface area contributed by atoms with E-state index < -0.39 is 20.0 Å². The van der Waals surface area contributed by atoms with Gasteiger partial charge in [0.2, 0.25) is 0 Å². The number of hydrogen-bond donors (Lipinski definition) is 0. The van der Waals surface area contributed by atoms with E-state index in [4.69, 9.17) is 4.43 Å². The van der Waals surface area contributed by atoms with Crippen molar-refractivity contribution in [1.82, 2.24) is 4.90 Å². The Bertz CT molecular complexity index is 828. The molecule has 0 unspecified atom stereocenters. The van der Waals surface area contributed by atoms with Crippen molar-refractivity contribution in [2.24, 2.45) is 0 Å². The van der Waals surface area contributed by atoms with Crippen molar-refractivity contribution in [3.8, 4) is 0 Å². The van der Waals surface area contributed by atoms with Crippen LogP contribution in [0.5, 0.6) is 0 Å². The first kappa shape index (κ1) is 20.4. The maximum Gasteiger partial charge on any atom is 0.261 e. The molecule has 3 nitrogen and oxygen atoms in total. The largest absolute Gasteiger partial charge is 0.405 e. The second-order valence-corrected chi connectivity index (χ2v) is 13.7. The van der Waals surface area contributed by atoms with E-state index in [1.165, 1.54) is 10.4 Å². The van der Waals surface area contributed by atoms with Gasteiger partial charge in [-0.1, -0.05) is 81.4 Å². The Morgan fingerprint density at radius 2 is 1.62 bits per heavy atom. The van der Waals surface area contributed by atoms with Crippen molar-refractivity contribution in [2.45, 2.75) is 50.4 Å². The second kappa shape index (κ2) is 7.46. The van der Waals surface area contributed by atoms with Crippen molar-refractivity contribution in [1.29, 1.82) is 0 Å². The van der Waals surface area contributed by atoms with Gasteiger partial charge in [0, 0.05) is 25.9 Å². The molecule has 4 rings (SSSR count). The third kappa shape index (κ3) is 3.29. The normalized spacial score (nSPS) is 25.4. The molecule has 29 heavy (non-hydrogen) atoms. The third-order valence-electron chi connectivity index (χ3n) is 6.66. The minimum absolute atomic E-state index is 0.135. The Labute approximate surface area is 174 Å². The highest BCUT2D eigenvalue weighted by molar-refractivity contribution is 6.99. The molecular formula is C24H30FNO2Si. The number of carbonyl (C=O) groups excluding carboxylic acids is 1. The standard InChI is InChI=1S/C24H30FNO2Si/c1-23(2,3)29(20-10-6-4-7-11-20,21-12-8-5-9-13-21)28-18-24-16-19(25)17-26(24)15-14-22(24)27/h4-13,19H,14-18H2,1-3H3/t19-,24+/m1/s1. The summed E-state index contributed by atoms with van der Waals surface area (Å²) in [4.78, 5) is 14.9. The molecule has 2 aromatic carbocycles. The first-order chi connectivity index (χ1) is 13.8. The van der Waals surface area contributed by atoms with E-state index in [1.54, 1.807) is 0 Å². The number of nitrogens with zero attached hydrogens (tertiary/aromatic N) is 1. The van der Waals surface area contributed by atoms with E-state index in [1.807, 2.05) is 41.3 Å². The molecule has 0 saturated carbocycles. The molecule has 0 aromatic heterocycles. The molecule has 2 heterocycles. The monoisotopic (exact) mass is 411 g/mol. The van der Waals surface area contributed by atoms with Crippen LogP contribution in [0.3, 0.4) is 0 Å². The summed E-state index contributed by atoms with van der Waals surface area (Å²) in [6.07, 6.45) is -0.206. The fourth-order valence-corrected chi connectivity index (χ4v) is 9.87. The lowest BCUT2D eigenvalue weighted by atomic mass is 9.93. The van der Waals surface area contributed by atoms with E-state index in [0.29, 0.717) is 19.5 Å². The van der Waals surface area contributed by atoms with Gasteiger partial charge >= 0.3 is 0 Å². The van der Waals surface area contributed by atoms with Gasteiger partial charge in [-0.25, -0.2) is 4.39 Å². The van der Waals surface area contributed by atoms with Gasteiger partial charge < -0.3 is 4.43 Å². The number of carbonyl (C=O) groups is 1. The fourth-order valence-electron chi connectivity index (χ4n) is 5.26. The summed E-state index contributed by atoms with van der Waals surface area (Å²) >= 11 is 0. The summed E-state index contributed by atoms with van der Waals surface area (Å²) in [5.74, 6) is 0.135. The highest BCUT2D eigenvalue weighted by Crippen LogP contribution is 2.42.